The van der Waals surface area contributed by atoms with Gasteiger partial charge in [0.2, 0.25) is 23.6 Å². The maximum atomic E-state index is 13.1. The standard InChI is InChI=1S/C21H33N7O6/c1-11(2)17(21(33)34)28-20(32)15(8-12-9-23-10-25-12)27-19(31)14(5-6-16(22)29)26-18(30)13-4-3-7-24-13/h9-11,13-15,17,24H,3-8H2,1-2H3,(H2,22,29)(H,23,25)(H,26,30)(H,27,31)(H,28,32)(H,33,34). The fourth-order valence-corrected chi connectivity index (χ4v) is 3.60. The number of carbonyl (C=O) groups is 5. The minimum absolute atomic E-state index is 0.00265. The highest BCUT2D eigenvalue weighted by Gasteiger charge is 2.32. The van der Waals surface area contributed by atoms with Gasteiger partial charge in [0.1, 0.15) is 18.1 Å². The number of primary amides is 1. The summed E-state index contributed by atoms with van der Waals surface area (Å²) in [5.74, 6) is -4.02. The second kappa shape index (κ2) is 12.7. The van der Waals surface area contributed by atoms with Crippen LogP contribution in [0.25, 0.3) is 0 Å². The third-order valence-corrected chi connectivity index (χ3v) is 5.53. The average Bonchev–Trinajstić information content (AvgIpc) is 3.47. The number of aromatic amines is 1. The predicted molar refractivity (Wildman–Crippen MR) is 120 cm³/mol. The number of carboxylic acids is 1. The molecule has 1 aliphatic heterocycles. The first-order valence-electron chi connectivity index (χ1n) is 11.2. The van der Waals surface area contributed by atoms with Crippen LogP contribution >= 0.6 is 0 Å². The Labute approximate surface area is 197 Å². The third kappa shape index (κ3) is 8.14. The minimum atomic E-state index is -1.20. The molecule has 1 saturated heterocycles. The van der Waals surface area contributed by atoms with Gasteiger partial charge in [0.05, 0.1) is 12.4 Å². The van der Waals surface area contributed by atoms with Crippen molar-refractivity contribution in [2.45, 2.75) is 70.1 Å². The van der Waals surface area contributed by atoms with Gasteiger partial charge in [0.25, 0.3) is 0 Å². The molecule has 4 unspecified atom stereocenters. The van der Waals surface area contributed by atoms with Crippen molar-refractivity contribution in [1.82, 2.24) is 31.2 Å². The molecule has 1 aromatic rings. The van der Waals surface area contributed by atoms with Gasteiger partial charge < -0.3 is 37.1 Å². The Morgan fingerprint density at radius 3 is 2.38 bits per heavy atom. The van der Waals surface area contributed by atoms with E-state index in [1.807, 2.05) is 0 Å². The van der Waals surface area contributed by atoms with Crippen LogP contribution in [0, 0.1) is 5.92 Å². The van der Waals surface area contributed by atoms with Gasteiger partial charge in [-0.3, -0.25) is 19.2 Å². The van der Waals surface area contributed by atoms with Crippen LogP contribution in [0.15, 0.2) is 12.5 Å². The van der Waals surface area contributed by atoms with E-state index in [1.165, 1.54) is 12.5 Å². The van der Waals surface area contributed by atoms with E-state index < -0.39 is 53.8 Å². The van der Waals surface area contributed by atoms with Gasteiger partial charge >= 0.3 is 5.97 Å². The molecule has 1 fully saturated rings. The number of carboxylic acid groups (broad SMARTS) is 1. The van der Waals surface area contributed by atoms with E-state index in [4.69, 9.17) is 5.73 Å². The number of hydrogen-bond donors (Lipinski definition) is 7. The molecule has 13 nitrogen and oxygen atoms in total. The molecule has 0 aromatic carbocycles. The molecule has 34 heavy (non-hydrogen) atoms. The van der Waals surface area contributed by atoms with Gasteiger partial charge in [-0.2, -0.15) is 0 Å². The maximum Gasteiger partial charge on any atom is 0.326 e. The van der Waals surface area contributed by atoms with Crippen LogP contribution in [0.1, 0.15) is 45.2 Å². The molecule has 4 atom stereocenters. The second-order valence-electron chi connectivity index (χ2n) is 8.63. The minimum Gasteiger partial charge on any atom is -0.480 e. The number of amides is 4. The van der Waals surface area contributed by atoms with Crippen LogP contribution in [-0.2, 0) is 30.4 Å². The van der Waals surface area contributed by atoms with Crippen LogP contribution in [-0.4, -0.2) is 75.4 Å². The number of rotatable bonds is 13. The van der Waals surface area contributed by atoms with Crippen molar-refractivity contribution in [2.24, 2.45) is 11.7 Å². The van der Waals surface area contributed by atoms with Crippen molar-refractivity contribution < 1.29 is 29.1 Å². The molecule has 13 heteroatoms. The molecule has 1 aliphatic rings. The zero-order chi connectivity index (χ0) is 25.3. The highest BCUT2D eigenvalue weighted by Crippen LogP contribution is 2.08. The summed E-state index contributed by atoms with van der Waals surface area (Å²) in [7, 11) is 0. The number of nitrogens with zero attached hydrogens (tertiary/aromatic N) is 1. The van der Waals surface area contributed by atoms with E-state index in [1.54, 1.807) is 13.8 Å². The van der Waals surface area contributed by atoms with Gasteiger partial charge in [0, 0.05) is 24.7 Å². The van der Waals surface area contributed by atoms with Gasteiger partial charge in [-0.05, 0) is 31.7 Å². The number of carbonyl (C=O) groups excluding carboxylic acids is 4. The van der Waals surface area contributed by atoms with Crippen LogP contribution in [0.2, 0.25) is 0 Å². The van der Waals surface area contributed by atoms with Crippen molar-refractivity contribution in [3.05, 3.63) is 18.2 Å². The largest absolute Gasteiger partial charge is 0.480 e. The van der Waals surface area contributed by atoms with E-state index >= 15 is 0 Å². The summed E-state index contributed by atoms with van der Waals surface area (Å²) in [5.41, 5.74) is 5.75. The van der Waals surface area contributed by atoms with Crippen LogP contribution in [0.4, 0.5) is 0 Å². The molecule has 0 saturated carbocycles. The Morgan fingerprint density at radius 1 is 1.15 bits per heavy atom. The van der Waals surface area contributed by atoms with E-state index in [2.05, 4.69) is 31.2 Å². The zero-order valence-corrected chi connectivity index (χ0v) is 19.3. The molecule has 4 amide bonds. The lowest BCUT2D eigenvalue weighted by atomic mass is 10.0. The molecule has 0 aliphatic carbocycles. The summed E-state index contributed by atoms with van der Waals surface area (Å²) >= 11 is 0. The molecule has 1 aromatic heterocycles. The molecule has 2 heterocycles. The lowest BCUT2D eigenvalue weighted by Gasteiger charge is -2.25. The normalized spacial score (nSPS) is 18.0. The van der Waals surface area contributed by atoms with Gasteiger partial charge in [0.15, 0.2) is 0 Å². The summed E-state index contributed by atoms with van der Waals surface area (Å²) in [6.45, 7) is 3.98. The number of nitrogens with one attached hydrogen (secondary N) is 5. The molecule has 0 radical (unpaired) electrons. The Balaban J connectivity index is 2.17. The van der Waals surface area contributed by atoms with Crippen molar-refractivity contribution in [1.29, 1.82) is 0 Å². The number of aromatic nitrogens is 2. The van der Waals surface area contributed by atoms with E-state index in [0.29, 0.717) is 18.7 Å². The topological polar surface area (TPSA) is 208 Å². The third-order valence-electron chi connectivity index (χ3n) is 5.53. The van der Waals surface area contributed by atoms with Crippen LogP contribution < -0.4 is 27.0 Å². The first-order chi connectivity index (χ1) is 16.1. The van der Waals surface area contributed by atoms with Crippen molar-refractivity contribution >= 4 is 29.6 Å². The molecule has 8 N–H and O–H groups in total. The fourth-order valence-electron chi connectivity index (χ4n) is 3.60. The molecule has 188 valence electrons. The summed E-state index contributed by atoms with van der Waals surface area (Å²) in [4.78, 5) is 68.1. The number of nitrogens with two attached hydrogens (primary N) is 1. The van der Waals surface area contributed by atoms with E-state index in [0.717, 1.165) is 6.42 Å². The average molecular weight is 480 g/mol. The number of H-pyrrole nitrogens is 1. The highest BCUT2D eigenvalue weighted by atomic mass is 16.4. The monoisotopic (exact) mass is 479 g/mol. The van der Waals surface area contributed by atoms with E-state index in [9.17, 15) is 29.1 Å². The highest BCUT2D eigenvalue weighted by molar-refractivity contribution is 5.94. The summed E-state index contributed by atoms with van der Waals surface area (Å²) in [5, 5.41) is 20.1. The Morgan fingerprint density at radius 2 is 1.85 bits per heavy atom. The van der Waals surface area contributed by atoms with Crippen molar-refractivity contribution in [3.8, 4) is 0 Å². The lowest BCUT2D eigenvalue weighted by Crippen LogP contribution is -2.58. The first-order valence-corrected chi connectivity index (χ1v) is 11.2. The van der Waals surface area contributed by atoms with E-state index in [-0.39, 0.29) is 25.2 Å². The first kappa shape index (κ1) is 26.8. The van der Waals surface area contributed by atoms with Gasteiger partial charge in [-0.25, -0.2) is 9.78 Å². The molecule has 2 rings (SSSR count). The maximum absolute atomic E-state index is 13.1. The number of aliphatic carboxylic acids is 1. The Bertz CT molecular complexity index is 867. The summed E-state index contributed by atoms with van der Waals surface area (Å²) in [6.07, 6.45) is 4.12. The zero-order valence-electron chi connectivity index (χ0n) is 19.3. The number of imidazole rings is 1. The van der Waals surface area contributed by atoms with Gasteiger partial charge in [-0.1, -0.05) is 13.8 Å². The Kier molecular flexibility index (Phi) is 9.98. The van der Waals surface area contributed by atoms with Crippen molar-refractivity contribution in [2.75, 3.05) is 6.54 Å². The number of hydrogen-bond acceptors (Lipinski definition) is 7. The van der Waals surface area contributed by atoms with Crippen LogP contribution in [0.3, 0.4) is 0 Å². The second-order valence-corrected chi connectivity index (χ2v) is 8.63. The predicted octanol–water partition coefficient (Wildman–Crippen LogP) is -1.84. The molecular formula is C21H33N7O6. The van der Waals surface area contributed by atoms with Gasteiger partial charge in [-0.15, -0.1) is 0 Å². The molecule has 0 bridgehead atoms. The fraction of sp³-hybridized carbons (Fsp3) is 0.619. The summed E-state index contributed by atoms with van der Waals surface area (Å²) < 4.78 is 0. The molecule has 0 spiro atoms. The van der Waals surface area contributed by atoms with Crippen LogP contribution in [0.5, 0.6) is 0 Å². The van der Waals surface area contributed by atoms with Crippen molar-refractivity contribution in [3.63, 3.8) is 0 Å². The molecular weight excluding hydrogens is 446 g/mol. The quantitative estimate of drug-likeness (QED) is 0.171. The summed E-state index contributed by atoms with van der Waals surface area (Å²) in [6, 6.07) is -3.88. The SMILES string of the molecule is CC(C)C(NC(=O)C(Cc1cnc[nH]1)NC(=O)C(CCC(N)=O)NC(=O)C1CCCN1)C(=O)O. The lowest BCUT2D eigenvalue weighted by molar-refractivity contribution is -0.143. The Hall–Kier alpha value is -3.48. The smallest absolute Gasteiger partial charge is 0.326 e.